The van der Waals surface area contributed by atoms with Crippen molar-refractivity contribution in [2.45, 2.75) is 26.2 Å². The van der Waals surface area contributed by atoms with Gasteiger partial charge in [-0.3, -0.25) is 9.36 Å². The molecule has 0 unspecified atom stereocenters. The molecule has 1 aromatic carbocycles. The molecular formula is C23H22F3N7O3. The first kappa shape index (κ1) is 26.2. The van der Waals surface area contributed by atoms with E-state index in [1.807, 2.05) is 16.7 Å². The Hall–Kier alpha value is -4.36. The average molecular weight is 501 g/mol. The van der Waals surface area contributed by atoms with Crippen LogP contribution in [0.5, 0.6) is 0 Å². The number of carboxylic acids is 1. The van der Waals surface area contributed by atoms with E-state index in [2.05, 4.69) is 33.2 Å². The number of nitriles is 1. The summed E-state index contributed by atoms with van der Waals surface area (Å²) in [6.45, 7) is 5.78. The van der Waals surface area contributed by atoms with E-state index in [9.17, 15) is 23.2 Å². The molecule has 2 aromatic heterocycles. The number of imidazole rings is 1. The maximum atomic E-state index is 13.3. The molecular weight excluding hydrogens is 479 g/mol. The Balaban J connectivity index is 0.000000454. The fourth-order valence-electron chi connectivity index (χ4n) is 3.53. The zero-order valence-corrected chi connectivity index (χ0v) is 19.2. The van der Waals surface area contributed by atoms with Crippen molar-refractivity contribution in [3.63, 3.8) is 0 Å². The Bertz CT molecular complexity index is 1400. The third kappa shape index (κ3) is 6.00. The summed E-state index contributed by atoms with van der Waals surface area (Å²) in [5.74, 6) is 3.95. The smallest absolute Gasteiger partial charge is 0.475 e. The molecule has 3 heterocycles. The van der Waals surface area contributed by atoms with Crippen LogP contribution in [-0.2, 0) is 17.9 Å². The molecule has 0 atom stereocenters. The minimum absolute atomic E-state index is 0.228. The normalized spacial score (nSPS) is 13.2. The summed E-state index contributed by atoms with van der Waals surface area (Å²) < 4.78 is 35.0. The standard InChI is InChI=1S/C21H21N7O.C2HF3O2/c1-2-3-10-27-19-18(25-21(27)26-11-8-23-9-12-26)14-24-28(20(19)29)15-17-7-5-4-6-16(17)13-22;3-2(4,5)1(6)7/h4-7,14,23H,8-12,15H2,1H3;(H,6,7). The first-order valence-electron chi connectivity index (χ1n) is 10.8. The molecule has 10 nitrogen and oxygen atoms in total. The molecule has 0 amide bonds. The van der Waals surface area contributed by atoms with Gasteiger partial charge in [-0.1, -0.05) is 24.1 Å². The Labute approximate surface area is 203 Å². The number of halogens is 3. The number of hydrogen-bond acceptors (Lipinski definition) is 7. The summed E-state index contributed by atoms with van der Waals surface area (Å²) in [6.07, 6.45) is -3.46. The van der Waals surface area contributed by atoms with Gasteiger partial charge in [0, 0.05) is 26.2 Å². The van der Waals surface area contributed by atoms with Crippen LogP contribution in [0.4, 0.5) is 19.1 Å². The van der Waals surface area contributed by atoms with Crippen LogP contribution in [0.25, 0.3) is 11.0 Å². The van der Waals surface area contributed by atoms with Crippen LogP contribution in [0.1, 0.15) is 18.1 Å². The summed E-state index contributed by atoms with van der Waals surface area (Å²) >= 11 is 0. The van der Waals surface area contributed by atoms with Gasteiger partial charge in [0.25, 0.3) is 5.56 Å². The molecule has 188 valence electrons. The number of carbonyl (C=O) groups is 1. The first-order chi connectivity index (χ1) is 17.2. The number of fused-ring (bicyclic) bond motifs is 1. The third-order valence-corrected chi connectivity index (χ3v) is 5.25. The number of hydrogen-bond donors (Lipinski definition) is 2. The molecule has 1 aliphatic rings. The number of carboxylic acid groups (broad SMARTS) is 1. The highest BCUT2D eigenvalue weighted by atomic mass is 19.4. The van der Waals surface area contributed by atoms with Crippen molar-refractivity contribution in [1.29, 1.82) is 5.26 Å². The molecule has 1 fully saturated rings. The zero-order chi connectivity index (χ0) is 26.3. The molecule has 0 aliphatic carbocycles. The lowest BCUT2D eigenvalue weighted by Crippen LogP contribution is -2.44. The number of rotatable bonds is 4. The minimum Gasteiger partial charge on any atom is -0.475 e. The van der Waals surface area contributed by atoms with Crippen LogP contribution in [-0.4, -0.2) is 62.8 Å². The van der Waals surface area contributed by atoms with Crippen molar-refractivity contribution in [3.05, 3.63) is 51.9 Å². The van der Waals surface area contributed by atoms with Crippen LogP contribution in [0, 0.1) is 23.2 Å². The summed E-state index contributed by atoms with van der Waals surface area (Å²) in [7, 11) is 0. The number of aliphatic carboxylic acids is 1. The van der Waals surface area contributed by atoms with Gasteiger partial charge in [0.2, 0.25) is 5.95 Å². The maximum Gasteiger partial charge on any atom is 0.490 e. The molecule has 36 heavy (non-hydrogen) atoms. The van der Waals surface area contributed by atoms with Gasteiger partial charge in [-0.15, -0.1) is 5.92 Å². The van der Waals surface area contributed by atoms with E-state index in [4.69, 9.17) is 14.9 Å². The predicted molar refractivity (Wildman–Crippen MR) is 124 cm³/mol. The largest absolute Gasteiger partial charge is 0.490 e. The summed E-state index contributed by atoms with van der Waals surface area (Å²) in [6, 6.07) is 9.40. The Morgan fingerprint density at radius 1 is 1.25 bits per heavy atom. The molecule has 1 saturated heterocycles. The van der Waals surface area contributed by atoms with Crippen molar-refractivity contribution in [2.24, 2.45) is 0 Å². The average Bonchev–Trinajstić information content (AvgIpc) is 3.24. The topological polar surface area (TPSA) is 129 Å². The van der Waals surface area contributed by atoms with E-state index in [1.165, 1.54) is 4.68 Å². The molecule has 3 aromatic rings. The van der Waals surface area contributed by atoms with Gasteiger partial charge in [-0.2, -0.15) is 23.5 Å². The number of nitrogens with one attached hydrogen (secondary N) is 1. The monoisotopic (exact) mass is 501 g/mol. The quantitative estimate of drug-likeness (QED) is 0.516. The second-order valence-corrected chi connectivity index (χ2v) is 7.57. The van der Waals surface area contributed by atoms with Crippen LogP contribution in [0.2, 0.25) is 0 Å². The highest BCUT2D eigenvalue weighted by Gasteiger charge is 2.38. The van der Waals surface area contributed by atoms with Gasteiger partial charge in [-0.05, 0) is 18.6 Å². The van der Waals surface area contributed by atoms with Crippen molar-refractivity contribution in [1.82, 2.24) is 24.6 Å². The number of piperazine rings is 1. The van der Waals surface area contributed by atoms with E-state index >= 15 is 0 Å². The van der Waals surface area contributed by atoms with Crippen molar-refractivity contribution in [2.75, 3.05) is 31.1 Å². The lowest BCUT2D eigenvalue weighted by molar-refractivity contribution is -0.192. The lowest BCUT2D eigenvalue weighted by Gasteiger charge is -2.28. The number of alkyl halides is 3. The van der Waals surface area contributed by atoms with Crippen molar-refractivity contribution < 1.29 is 23.1 Å². The van der Waals surface area contributed by atoms with E-state index < -0.39 is 12.1 Å². The molecule has 0 bridgehead atoms. The fourth-order valence-corrected chi connectivity index (χ4v) is 3.53. The minimum atomic E-state index is -5.08. The molecule has 4 rings (SSSR count). The SMILES string of the molecule is CC#CCn1c(N2CCNCC2)nc2cnn(Cc3ccccc3C#N)c(=O)c21.O=C(O)C(F)(F)F. The number of nitrogens with zero attached hydrogens (tertiary/aromatic N) is 6. The van der Waals surface area contributed by atoms with Crippen molar-refractivity contribution in [3.8, 4) is 17.9 Å². The van der Waals surface area contributed by atoms with Gasteiger partial charge in [-0.25, -0.2) is 14.5 Å². The maximum absolute atomic E-state index is 13.3. The predicted octanol–water partition coefficient (Wildman–Crippen LogP) is 1.58. The van der Waals surface area contributed by atoms with Gasteiger partial charge >= 0.3 is 12.1 Å². The molecule has 1 aliphatic heterocycles. The molecule has 13 heteroatoms. The van der Waals surface area contributed by atoms with Crippen LogP contribution in [0.3, 0.4) is 0 Å². The zero-order valence-electron chi connectivity index (χ0n) is 19.2. The lowest BCUT2D eigenvalue weighted by atomic mass is 10.1. The highest BCUT2D eigenvalue weighted by Crippen LogP contribution is 2.20. The van der Waals surface area contributed by atoms with Gasteiger partial charge in [0.15, 0.2) is 0 Å². The van der Waals surface area contributed by atoms with Crippen LogP contribution in [0.15, 0.2) is 35.3 Å². The first-order valence-corrected chi connectivity index (χ1v) is 10.8. The molecule has 0 saturated carbocycles. The molecule has 2 N–H and O–H groups in total. The van der Waals surface area contributed by atoms with E-state index in [0.29, 0.717) is 23.1 Å². The molecule has 0 radical (unpaired) electrons. The van der Waals surface area contributed by atoms with E-state index in [-0.39, 0.29) is 12.1 Å². The number of anilines is 1. The highest BCUT2D eigenvalue weighted by molar-refractivity contribution is 5.77. The van der Waals surface area contributed by atoms with E-state index in [0.717, 1.165) is 37.7 Å². The second kappa shape index (κ2) is 11.4. The summed E-state index contributed by atoms with van der Waals surface area (Å²) in [5.41, 5.74) is 2.11. The Morgan fingerprint density at radius 3 is 2.53 bits per heavy atom. The molecule has 0 spiro atoms. The summed E-state index contributed by atoms with van der Waals surface area (Å²) in [4.78, 5) is 29.1. The van der Waals surface area contributed by atoms with Crippen molar-refractivity contribution >= 4 is 23.0 Å². The van der Waals surface area contributed by atoms with Gasteiger partial charge in [0.05, 0.1) is 30.9 Å². The number of aromatic nitrogens is 4. The van der Waals surface area contributed by atoms with Crippen LogP contribution < -0.4 is 15.8 Å². The Kier molecular flexibility index (Phi) is 8.30. The second-order valence-electron chi connectivity index (χ2n) is 7.57. The van der Waals surface area contributed by atoms with Crippen LogP contribution >= 0.6 is 0 Å². The fraction of sp³-hybridized carbons (Fsp3) is 0.348. The van der Waals surface area contributed by atoms with E-state index in [1.54, 1.807) is 25.3 Å². The summed E-state index contributed by atoms with van der Waals surface area (Å²) in [5, 5.41) is 24.1. The third-order valence-electron chi connectivity index (χ3n) is 5.25. The van der Waals surface area contributed by atoms with Gasteiger partial charge < -0.3 is 15.3 Å². The van der Waals surface area contributed by atoms with Gasteiger partial charge in [0.1, 0.15) is 11.0 Å². The number of benzene rings is 1. The Morgan fingerprint density at radius 2 is 1.92 bits per heavy atom.